The molecule has 1 saturated heterocycles. The van der Waals surface area contributed by atoms with Crippen LogP contribution < -0.4 is 0 Å². The van der Waals surface area contributed by atoms with Crippen molar-refractivity contribution in [2.45, 2.75) is 6.54 Å². The molecule has 6 nitrogen and oxygen atoms in total. The highest BCUT2D eigenvalue weighted by Crippen LogP contribution is 2.34. The Morgan fingerprint density at radius 1 is 1.36 bits per heavy atom. The maximum atomic E-state index is 11.7. The van der Waals surface area contributed by atoms with Gasteiger partial charge in [0.1, 0.15) is 5.75 Å². The minimum Gasteiger partial charge on any atom is -0.507 e. The Morgan fingerprint density at radius 2 is 2.05 bits per heavy atom. The Labute approximate surface area is 136 Å². The molecule has 1 aromatic carbocycles. The van der Waals surface area contributed by atoms with Crippen molar-refractivity contribution >= 4 is 32.8 Å². The normalized spacial score (nSPS) is 16.3. The molecule has 1 aliphatic heterocycles. The van der Waals surface area contributed by atoms with Crippen molar-refractivity contribution < 1.29 is 19.7 Å². The second-order valence-corrected chi connectivity index (χ2v) is 6.25. The molecule has 3 rings (SSSR count). The van der Waals surface area contributed by atoms with Crippen LogP contribution in [0.25, 0.3) is 10.9 Å². The standard InChI is InChI=1S/C15H17BrN2O4/c1-17-11-7-10(16)13(19)6-9(11)14(15(20)21)12(17)8-18-2-4-22-5-3-18/h6-7,19H,2-5,8H2,1H3,(H,20,21). The Bertz CT molecular complexity index is 735. The number of aromatic hydroxyl groups is 1. The molecule has 2 heterocycles. The molecule has 1 aliphatic rings. The summed E-state index contributed by atoms with van der Waals surface area (Å²) < 4.78 is 7.77. The van der Waals surface area contributed by atoms with Gasteiger partial charge in [-0.05, 0) is 28.1 Å². The number of phenols is 1. The number of carboxylic acids is 1. The van der Waals surface area contributed by atoms with Gasteiger partial charge >= 0.3 is 5.97 Å². The molecule has 0 atom stereocenters. The molecule has 2 N–H and O–H groups in total. The van der Waals surface area contributed by atoms with Crippen LogP contribution in [0.15, 0.2) is 16.6 Å². The lowest BCUT2D eigenvalue weighted by atomic mass is 10.1. The zero-order chi connectivity index (χ0) is 15.9. The number of fused-ring (bicyclic) bond motifs is 1. The number of benzene rings is 1. The van der Waals surface area contributed by atoms with Crippen LogP contribution in [0, 0.1) is 0 Å². The van der Waals surface area contributed by atoms with Crippen molar-refractivity contribution in [2.75, 3.05) is 26.3 Å². The van der Waals surface area contributed by atoms with Crippen molar-refractivity contribution in [2.24, 2.45) is 7.05 Å². The second kappa shape index (κ2) is 5.91. The van der Waals surface area contributed by atoms with Crippen LogP contribution in [0.1, 0.15) is 16.1 Å². The lowest BCUT2D eigenvalue weighted by Gasteiger charge is -2.27. The summed E-state index contributed by atoms with van der Waals surface area (Å²) in [5.74, 6) is -0.936. The van der Waals surface area contributed by atoms with Gasteiger partial charge in [-0.3, -0.25) is 4.90 Å². The number of nitrogens with zero attached hydrogens (tertiary/aromatic N) is 2. The predicted octanol–water partition coefficient (Wildman–Crippen LogP) is 2.18. The lowest BCUT2D eigenvalue weighted by molar-refractivity contribution is 0.0331. The zero-order valence-electron chi connectivity index (χ0n) is 12.2. The summed E-state index contributed by atoms with van der Waals surface area (Å²) in [4.78, 5) is 13.9. The maximum absolute atomic E-state index is 11.7. The number of hydrogen-bond acceptors (Lipinski definition) is 4. The largest absolute Gasteiger partial charge is 0.507 e. The molecule has 2 aromatic rings. The fraction of sp³-hybridized carbons (Fsp3) is 0.400. The van der Waals surface area contributed by atoms with E-state index >= 15 is 0 Å². The van der Waals surface area contributed by atoms with E-state index in [1.54, 1.807) is 6.07 Å². The smallest absolute Gasteiger partial charge is 0.338 e. The van der Waals surface area contributed by atoms with Crippen LogP contribution in [-0.4, -0.2) is 52.0 Å². The first-order chi connectivity index (χ1) is 10.5. The van der Waals surface area contributed by atoms with Gasteiger partial charge in [0, 0.05) is 37.8 Å². The Hall–Kier alpha value is -1.57. The number of carboxylic acid groups (broad SMARTS) is 1. The Balaban J connectivity index is 2.13. The highest BCUT2D eigenvalue weighted by Gasteiger charge is 2.24. The predicted molar refractivity (Wildman–Crippen MR) is 85.3 cm³/mol. The number of carbonyl (C=O) groups is 1. The third-order valence-corrected chi connectivity index (χ3v) is 4.72. The highest BCUT2D eigenvalue weighted by atomic mass is 79.9. The van der Waals surface area contributed by atoms with Crippen LogP contribution in [0.2, 0.25) is 0 Å². The van der Waals surface area contributed by atoms with Gasteiger partial charge in [-0.15, -0.1) is 0 Å². The quantitative estimate of drug-likeness (QED) is 0.868. The summed E-state index contributed by atoms with van der Waals surface area (Å²) in [5, 5.41) is 20.0. The van der Waals surface area contributed by atoms with Gasteiger partial charge in [-0.25, -0.2) is 4.79 Å². The topological polar surface area (TPSA) is 74.9 Å². The zero-order valence-corrected chi connectivity index (χ0v) is 13.8. The van der Waals surface area contributed by atoms with Gasteiger partial charge in [-0.2, -0.15) is 0 Å². The minimum absolute atomic E-state index is 0.0403. The van der Waals surface area contributed by atoms with E-state index in [2.05, 4.69) is 20.8 Å². The SMILES string of the molecule is Cn1c(CN2CCOCC2)c(C(=O)O)c2cc(O)c(Br)cc21. The highest BCUT2D eigenvalue weighted by molar-refractivity contribution is 9.10. The molecule has 0 radical (unpaired) electrons. The van der Waals surface area contributed by atoms with Gasteiger partial charge in [0.05, 0.1) is 28.8 Å². The molecule has 0 amide bonds. The number of rotatable bonds is 3. The average Bonchev–Trinajstić information content (AvgIpc) is 2.74. The van der Waals surface area contributed by atoms with Crippen LogP contribution in [0.4, 0.5) is 0 Å². The summed E-state index contributed by atoms with van der Waals surface area (Å²) in [7, 11) is 1.86. The van der Waals surface area contributed by atoms with E-state index in [0.29, 0.717) is 29.6 Å². The first-order valence-electron chi connectivity index (χ1n) is 7.02. The number of halogens is 1. The van der Waals surface area contributed by atoms with E-state index in [0.717, 1.165) is 24.3 Å². The van der Waals surface area contributed by atoms with Crippen LogP contribution in [-0.2, 0) is 18.3 Å². The van der Waals surface area contributed by atoms with Crippen molar-refractivity contribution in [3.63, 3.8) is 0 Å². The molecule has 0 spiro atoms. The van der Waals surface area contributed by atoms with Gasteiger partial charge in [0.2, 0.25) is 0 Å². The molecule has 22 heavy (non-hydrogen) atoms. The van der Waals surface area contributed by atoms with E-state index in [9.17, 15) is 15.0 Å². The molecular weight excluding hydrogens is 352 g/mol. The summed E-state index contributed by atoms with van der Waals surface area (Å²) in [6, 6.07) is 3.26. The van der Waals surface area contributed by atoms with E-state index < -0.39 is 5.97 Å². The molecule has 1 fully saturated rings. The van der Waals surface area contributed by atoms with E-state index in [1.165, 1.54) is 6.07 Å². The number of aryl methyl sites for hydroxylation is 1. The summed E-state index contributed by atoms with van der Waals surface area (Å²) in [5.41, 5.74) is 1.78. The molecule has 7 heteroatoms. The number of hydrogen-bond donors (Lipinski definition) is 2. The molecule has 118 valence electrons. The van der Waals surface area contributed by atoms with Crippen LogP contribution >= 0.6 is 15.9 Å². The van der Waals surface area contributed by atoms with E-state index in [4.69, 9.17) is 4.74 Å². The summed E-state index contributed by atoms with van der Waals surface area (Å²) in [6.07, 6.45) is 0. The minimum atomic E-state index is -0.976. The Kier molecular flexibility index (Phi) is 4.12. The van der Waals surface area contributed by atoms with Gasteiger partial charge < -0.3 is 19.5 Å². The Morgan fingerprint density at radius 3 is 2.68 bits per heavy atom. The maximum Gasteiger partial charge on any atom is 0.338 e. The van der Waals surface area contributed by atoms with Crippen molar-refractivity contribution in [1.29, 1.82) is 0 Å². The van der Waals surface area contributed by atoms with E-state index in [-0.39, 0.29) is 11.3 Å². The molecule has 1 aromatic heterocycles. The molecule has 0 unspecified atom stereocenters. The number of aromatic nitrogens is 1. The fourth-order valence-corrected chi connectivity index (χ4v) is 3.22. The molecular formula is C15H17BrN2O4. The number of aromatic carboxylic acids is 1. The third-order valence-electron chi connectivity index (χ3n) is 4.08. The summed E-state index contributed by atoms with van der Waals surface area (Å²) >= 11 is 3.28. The van der Waals surface area contributed by atoms with Crippen molar-refractivity contribution in [1.82, 2.24) is 9.47 Å². The summed E-state index contributed by atoms with van der Waals surface area (Å²) in [6.45, 7) is 3.46. The van der Waals surface area contributed by atoms with E-state index in [1.807, 2.05) is 11.6 Å². The average molecular weight is 369 g/mol. The van der Waals surface area contributed by atoms with Gasteiger partial charge in [-0.1, -0.05) is 0 Å². The molecule has 0 bridgehead atoms. The van der Waals surface area contributed by atoms with Crippen molar-refractivity contribution in [3.8, 4) is 5.75 Å². The number of ether oxygens (including phenoxy) is 1. The van der Waals surface area contributed by atoms with Gasteiger partial charge in [0.25, 0.3) is 0 Å². The molecule has 0 saturated carbocycles. The number of phenolic OH excluding ortho intramolecular Hbond substituents is 1. The molecule has 0 aliphatic carbocycles. The van der Waals surface area contributed by atoms with Crippen LogP contribution in [0.3, 0.4) is 0 Å². The lowest BCUT2D eigenvalue weighted by Crippen LogP contribution is -2.36. The first-order valence-corrected chi connectivity index (χ1v) is 7.81. The first kappa shape index (κ1) is 15.3. The third kappa shape index (κ3) is 2.60. The monoisotopic (exact) mass is 368 g/mol. The van der Waals surface area contributed by atoms with Crippen molar-refractivity contribution in [3.05, 3.63) is 27.9 Å². The van der Waals surface area contributed by atoms with Crippen LogP contribution in [0.5, 0.6) is 5.75 Å². The number of morpholine rings is 1. The fourth-order valence-electron chi connectivity index (χ4n) is 2.89. The second-order valence-electron chi connectivity index (χ2n) is 5.40. The van der Waals surface area contributed by atoms with Gasteiger partial charge in [0.15, 0.2) is 0 Å².